The minimum Gasteiger partial charge on any atom is -0.404 e. The maximum Gasteiger partial charge on any atom is 0.344 e. The van der Waals surface area contributed by atoms with Crippen LogP contribution < -0.4 is 9.47 Å². The van der Waals surface area contributed by atoms with Gasteiger partial charge in [0.25, 0.3) is 0 Å². The number of unbranched alkanes of at least 4 members (excludes halogenated alkanes) is 3. The van der Waals surface area contributed by atoms with E-state index in [4.69, 9.17) is 9.47 Å². The van der Waals surface area contributed by atoms with Crippen LogP contribution in [0.4, 0.5) is 0 Å². The quantitative estimate of drug-likeness (QED) is 0.339. The molecule has 161 valence electrons. The summed E-state index contributed by atoms with van der Waals surface area (Å²) in [5, 5.41) is 9.32. The lowest BCUT2D eigenvalue weighted by molar-refractivity contribution is 0.0717. The van der Waals surface area contributed by atoms with E-state index in [2.05, 4.69) is 11.9 Å². The van der Waals surface area contributed by atoms with Crippen LogP contribution in [-0.4, -0.2) is 16.9 Å². The third kappa shape index (κ3) is 6.26. The van der Waals surface area contributed by atoms with Gasteiger partial charge in [0.05, 0.1) is 11.1 Å². The number of hydrogen-bond acceptors (Lipinski definition) is 6. The number of aryl methyl sites for hydroxylation is 1. The lowest BCUT2D eigenvalue weighted by atomic mass is 10.0. The number of carbonyl (C=O) groups is 2. The molecule has 0 aliphatic carbocycles. The van der Waals surface area contributed by atoms with Crippen LogP contribution in [0.25, 0.3) is 0 Å². The molecule has 0 saturated carbocycles. The first-order chi connectivity index (χ1) is 15.6. The molecule has 0 fully saturated rings. The first-order valence-corrected chi connectivity index (χ1v) is 10.4. The van der Waals surface area contributed by atoms with Crippen molar-refractivity contribution in [1.82, 2.24) is 4.98 Å². The Bertz CT molecular complexity index is 1100. The first kappa shape index (κ1) is 22.7. The molecule has 1 aromatic heterocycles. The lowest BCUT2D eigenvalue weighted by Gasteiger charge is -2.08. The third-order valence-electron chi connectivity index (χ3n) is 4.76. The van der Waals surface area contributed by atoms with E-state index in [9.17, 15) is 14.9 Å². The molecule has 0 bridgehead atoms. The number of carbonyl (C=O) groups excluding carboxylic acids is 2. The van der Waals surface area contributed by atoms with Gasteiger partial charge >= 0.3 is 11.9 Å². The highest BCUT2D eigenvalue weighted by Crippen LogP contribution is 2.22. The van der Waals surface area contributed by atoms with E-state index in [0.29, 0.717) is 11.1 Å². The van der Waals surface area contributed by atoms with Crippen molar-refractivity contribution in [3.8, 4) is 17.8 Å². The molecular formula is C26H23N2O4. The fourth-order valence-corrected chi connectivity index (χ4v) is 3.01. The van der Waals surface area contributed by atoms with Crippen molar-refractivity contribution in [2.75, 3.05) is 0 Å². The van der Waals surface area contributed by atoms with Gasteiger partial charge in [0.2, 0.25) is 11.8 Å². The van der Waals surface area contributed by atoms with Crippen LogP contribution in [0.1, 0.15) is 57.5 Å². The summed E-state index contributed by atoms with van der Waals surface area (Å²) in [6.07, 6.45) is 5.18. The average Bonchev–Trinajstić information content (AvgIpc) is 2.83. The van der Waals surface area contributed by atoms with Gasteiger partial charge in [0, 0.05) is 6.07 Å². The summed E-state index contributed by atoms with van der Waals surface area (Å²) in [5.74, 6) is -1.54. The van der Waals surface area contributed by atoms with Gasteiger partial charge in [-0.3, -0.25) is 0 Å². The molecule has 3 aromatic rings. The van der Waals surface area contributed by atoms with Crippen molar-refractivity contribution in [3.05, 3.63) is 95.9 Å². The number of hydrogen-bond donors (Lipinski definition) is 0. The normalized spacial score (nSPS) is 10.2. The topological polar surface area (TPSA) is 89.3 Å². The minimum atomic E-state index is -0.649. The zero-order valence-electron chi connectivity index (χ0n) is 17.6. The summed E-state index contributed by atoms with van der Waals surface area (Å²) in [6.45, 7) is 3.84. The Kier molecular flexibility index (Phi) is 8.10. The molecule has 0 atom stereocenters. The van der Waals surface area contributed by atoms with E-state index < -0.39 is 11.9 Å². The van der Waals surface area contributed by atoms with E-state index in [1.165, 1.54) is 12.1 Å². The Morgan fingerprint density at radius 3 is 2.22 bits per heavy atom. The molecule has 0 N–H and O–H groups in total. The molecule has 0 aliphatic heterocycles. The van der Waals surface area contributed by atoms with Crippen LogP contribution in [0, 0.1) is 18.3 Å². The van der Waals surface area contributed by atoms with Gasteiger partial charge in [0.1, 0.15) is 11.6 Å². The van der Waals surface area contributed by atoms with Crippen LogP contribution in [-0.2, 0) is 6.42 Å². The van der Waals surface area contributed by atoms with Crippen molar-refractivity contribution in [1.29, 1.82) is 5.26 Å². The molecule has 1 radical (unpaired) electrons. The van der Waals surface area contributed by atoms with E-state index in [1.54, 1.807) is 42.5 Å². The largest absolute Gasteiger partial charge is 0.404 e. The maximum atomic E-state index is 12.6. The monoisotopic (exact) mass is 427 g/mol. The van der Waals surface area contributed by atoms with Crippen LogP contribution in [0.15, 0.2) is 66.7 Å². The van der Waals surface area contributed by atoms with Crippen molar-refractivity contribution < 1.29 is 19.1 Å². The number of ether oxygens (including phenoxy) is 2. The number of aromatic nitrogens is 1. The molecule has 0 saturated heterocycles. The highest BCUT2D eigenvalue weighted by atomic mass is 16.6. The van der Waals surface area contributed by atoms with Gasteiger partial charge < -0.3 is 9.47 Å². The first-order valence-electron chi connectivity index (χ1n) is 10.4. The zero-order valence-corrected chi connectivity index (χ0v) is 17.6. The van der Waals surface area contributed by atoms with Crippen molar-refractivity contribution in [3.63, 3.8) is 0 Å². The van der Waals surface area contributed by atoms with E-state index in [-0.39, 0.29) is 17.3 Å². The summed E-state index contributed by atoms with van der Waals surface area (Å²) in [5.41, 5.74) is 1.88. The highest BCUT2D eigenvalue weighted by Gasteiger charge is 2.16. The predicted molar refractivity (Wildman–Crippen MR) is 119 cm³/mol. The second-order valence-electron chi connectivity index (χ2n) is 7.12. The molecule has 0 amide bonds. The Morgan fingerprint density at radius 2 is 1.53 bits per heavy atom. The maximum absolute atomic E-state index is 12.6. The molecule has 32 heavy (non-hydrogen) atoms. The van der Waals surface area contributed by atoms with E-state index in [0.717, 1.165) is 37.7 Å². The second kappa shape index (κ2) is 11.4. The zero-order chi connectivity index (χ0) is 22.8. The standard InChI is InChI=1S/C26H23N2O4/c1-2-3-4-6-9-19-12-14-21(15-13-19)26(30)32-24-22(18-27)16-17-23(28-24)31-25(29)20-10-7-5-8-11-20/h5,7-8,10-17H,1-4,6,9H2. The molecule has 0 aliphatic rings. The second-order valence-corrected chi connectivity index (χ2v) is 7.12. The summed E-state index contributed by atoms with van der Waals surface area (Å²) in [4.78, 5) is 28.8. The van der Waals surface area contributed by atoms with Crippen LogP contribution in [0.5, 0.6) is 11.8 Å². The molecule has 6 heteroatoms. The number of esters is 2. The van der Waals surface area contributed by atoms with Gasteiger partial charge in [-0.25, -0.2) is 9.59 Å². The van der Waals surface area contributed by atoms with Gasteiger partial charge in [-0.05, 0) is 48.7 Å². The number of benzene rings is 2. The van der Waals surface area contributed by atoms with Gasteiger partial charge in [-0.15, -0.1) is 0 Å². The third-order valence-corrected chi connectivity index (χ3v) is 4.76. The average molecular weight is 427 g/mol. The molecule has 0 unspecified atom stereocenters. The van der Waals surface area contributed by atoms with Crippen molar-refractivity contribution in [2.24, 2.45) is 0 Å². The number of pyridine rings is 1. The fourth-order valence-electron chi connectivity index (χ4n) is 3.01. The SMILES string of the molecule is [CH2]CCCCCc1ccc(C(=O)Oc2nc(OC(=O)c3ccccc3)ccc2C#N)cc1. The Morgan fingerprint density at radius 1 is 0.844 bits per heavy atom. The fraction of sp³-hybridized carbons (Fsp3) is 0.192. The van der Waals surface area contributed by atoms with Gasteiger partial charge in [0.15, 0.2) is 0 Å². The Balaban J connectivity index is 1.68. The summed E-state index contributed by atoms with van der Waals surface area (Å²) in [7, 11) is 0. The molecule has 1 heterocycles. The number of nitriles is 1. The molecule has 3 rings (SSSR count). The van der Waals surface area contributed by atoms with Gasteiger partial charge in [-0.2, -0.15) is 10.2 Å². The Labute approximate surface area is 187 Å². The predicted octanol–water partition coefficient (Wildman–Crippen LogP) is 5.33. The molecule has 0 spiro atoms. The number of nitrogens with zero attached hydrogens (tertiary/aromatic N) is 2. The highest BCUT2D eigenvalue weighted by molar-refractivity contribution is 5.91. The molecule has 6 nitrogen and oxygen atoms in total. The smallest absolute Gasteiger partial charge is 0.344 e. The van der Waals surface area contributed by atoms with E-state index in [1.807, 2.05) is 18.2 Å². The summed E-state index contributed by atoms with van der Waals surface area (Å²) in [6, 6.07) is 20.3. The van der Waals surface area contributed by atoms with E-state index >= 15 is 0 Å². The van der Waals surface area contributed by atoms with Crippen LogP contribution in [0.3, 0.4) is 0 Å². The van der Waals surface area contributed by atoms with Crippen molar-refractivity contribution in [2.45, 2.75) is 32.1 Å². The molecular weight excluding hydrogens is 404 g/mol. The van der Waals surface area contributed by atoms with Gasteiger partial charge in [-0.1, -0.05) is 56.5 Å². The van der Waals surface area contributed by atoms with Crippen molar-refractivity contribution >= 4 is 11.9 Å². The summed E-state index contributed by atoms with van der Waals surface area (Å²) < 4.78 is 10.6. The molecule has 2 aromatic carbocycles. The number of rotatable bonds is 9. The summed E-state index contributed by atoms with van der Waals surface area (Å²) >= 11 is 0. The lowest BCUT2D eigenvalue weighted by Crippen LogP contribution is -2.13. The minimum absolute atomic E-state index is 0.0555. The van der Waals surface area contributed by atoms with Crippen LogP contribution in [0.2, 0.25) is 0 Å². The van der Waals surface area contributed by atoms with Crippen LogP contribution >= 0.6 is 0 Å². The Hall–Kier alpha value is -3.98.